The number of methoxy groups -OCH3 is 1. The molecule has 104 valence electrons. The van der Waals surface area contributed by atoms with Crippen LogP contribution in [-0.4, -0.2) is 37.7 Å². The Morgan fingerprint density at radius 1 is 1.39 bits per heavy atom. The Kier molecular flexibility index (Phi) is 6.12. The monoisotopic (exact) mass is 257 g/mol. The molecule has 0 aromatic rings. The predicted octanol–water partition coefficient (Wildman–Crippen LogP) is 1.26. The van der Waals surface area contributed by atoms with Gasteiger partial charge in [0.1, 0.15) is 0 Å². The minimum atomic E-state index is -0.704. The molecule has 1 aliphatic rings. The molecule has 3 unspecified atom stereocenters. The molecular weight excluding hydrogens is 234 g/mol. The van der Waals surface area contributed by atoms with E-state index >= 15 is 0 Å². The van der Waals surface area contributed by atoms with Crippen molar-refractivity contribution in [3.05, 3.63) is 0 Å². The third-order valence-electron chi connectivity index (χ3n) is 3.25. The molecule has 0 spiro atoms. The summed E-state index contributed by atoms with van der Waals surface area (Å²) in [6.45, 7) is 3.77. The Labute approximate surface area is 108 Å². The quantitative estimate of drug-likeness (QED) is 0.753. The summed E-state index contributed by atoms with van der Waals surface area (Å²) in [5.41, 5.74) is 0. The number of rotatable bonds is 5. The van der Waals surface area contributed by atoms with E-state index in [2.05, 4.69) is 17.0 Å². The molecule has 1 rings (SSSR count). The molecule has 1 aliphatic carbocycles. The van der Waals surface area contributed by atoms with Crippen LogP contribution in [0.5, 0.6) is 0 Å². The van der Waals surface area contributed by atoms with Crippen LogP contribution in [0.15, 0.2) is 0 Å². The fourth-order valence-corrected chi connectivity index (χ4v) is 2.32. The van der Waals surface area contributed by atoms with Gasteiger partial charge in [0.05, 0.1) is 19.8 Å². The van der Waals surface area contributed by atoms with E-state index in [1.807, 2.05) is 0 Å². The second-order valence-electron chi connectivity index (χ2n) is 5.00. The van der Waals surface area contributed by atoms with E-state index in [0.29, 0.717) is 5.92 Å². The first-order valence-corrected chi connectivity index (χ1v) is 6.49. The zero-order chi connectivity index (χ0) is 13.5. The standard InChI is InChI=1S/C13H23NO4/c1-9-5-4-6-11(7-9)18-8-12(13(16)17-3)14-10(2)15/h9,11-12H,4-8H2,1-3H3,(H,14,15). The minimum absolute atomic E-state index is 0.184. The Morgan fingerprint density at radius 2 is 2.11 bits per heavy atom. The number of nitrogens with one attached hydrogen (secondary N) is 1. The van der Waals surface area contributed by atoms with Crippen LogP contribution in [0.2, 0.25) is 0 Å². The van der Waals surface area contributed by atoms with Crippen LogP contribution in [-0.2, 0) is 19.1 Å². The number of hydrogen-bond donors (Lipinski definition) is 1. The van der Waals surface area contributed by atoms with Gasteiger partial charge in [-0.15, -0.1) is 0 Å². The zero-order valence-electron chi connectivity index (χ0n) is 11.4. The van der Waals surface area contributed by atoms with Crippen molar-refractivity contribution in [1.29, 1.82) is 0 Å². The summed E-state index contributed by atoms with van der Waals surface area (Å²) in [5.74, 6) is -0.0545. The summed E-state index contributed by atoms with van der Waals surface area (Å²) in [6.07, 6.45) is 4.64. The lowest BCUT2D eigenvalue weighted by Gasteiger charge is -2.28. The van der Waals surface area contributed by atoms with Gasteiger partial charge < -0.3 is 14.8 Å². The summed E-state index contributed by atoms with van der Waals surface area (Å²) in [7, 11) is 1.31. The molecule has 1 N–H and O–H groups in total. The largest absolute Gasteiger partial charge is 0.467 e. The Morgan fingerprint density at radius 3 is 2.67 bits per heavy atom. The normalized spacial score (nSPS) is 25.3. The number of hydrogen-bond acceptors (Lipinski definition) is 4. The minimum Gasteiger partial charge on any atom is -0.467 e. The van der Waals surface area contributed by atoms with Gasteiger partial charge in [-0.05, 0) is 18.8 Å². The van der Waals surface area contributed by atoms with E-state index in [9.17, 15) is 9.59 Å². The molecule has 0 aromatic carbocycles. The predicted molar refractivity (Wildman–Crippen MR) is 67.0 cm³/mol. The van der Waals surface area contributed by atoms with Crippen molar-refractivity contribution >= 4 is 11.9 Å². The van der Waals surface area contributed by atoms with Gasteiger partial charge in [0.2, 0.25) is 5.91 Å². The lowest BCUT2D eigenvalue weighted by Crippen LogP contribution is -2.44. The third-order valence-corrected chi connectivity index (χ3v) is 3.25. The molecule has 0 radical (unpaired) electrons. The second kappa shape index (κ2) is 7.36. The van der Waals surface area contributed by atoms with E-state index < -0.39 is 12.0 Å². The van der Waals surface area contributed by atoms with E-state index in [4.69, 9.17) is 4.74 Å². The molecule has 0 aliphatic heterocycles. The van der Waals surface area contributed by atoms with Crippen LogP contribution in [0, 0.1) is 5.92 Å². The fraction of sp³-hybridized carbons (Fsp3) is 0.846. The van der Waals surface area contributed by atoms with Crippen molar-refractivity contribution in [2.75, 3.05) is 13.7 Å². The fourth-order valence-electron chi connectivity index (χ4n) is 2.32. The first kappa shape index (κ1) is 15.0. The number of amides is 1. The average Bonchev–Trinajstić information content (AvgIpc) is 2.33. The molecule has 1 amide bonds. The Balaban J connectivity index is 2.40. The summed E-state index contributed by atoms with van der Waals surface area (Å²) in [6, 6.07) is -0.704. The van der Waals surface area contributed by atoms with E-state index in [-0.39, 0.29) is 18.6 Å². The summed E-state index contributed by atoms with van der Waals surface area (Å²) in [4.78, 5) is 22.5. The second-order valence-corrected chi connectivity index (χ2v) is 5.00. The van der Waals surface area contributed by atoms with E-state index in [1.54, 1.807) is 0 Å². The lowest BCUT2D eigenvalue weighted by molar-refractivity contribution is -0.147. The maximum Gasteiger partial charge on any atom is 0.330 e. The SMILES string of the molecule is COC(=O)C(COC1CCCC(C)C1)NC(C)=O. The van der Waals surface area contributed by atoms with Gasteiger partial charge in [0, 0.05) is 6.92 Å². The van der Waals surface area contributed by atoms with Gasteiger partial charge in [-0.1, -0.05) is 19.8 Å². The number of carbonyl (C=O) groups is 2. The van der Waals surface area contributed by atoms with Crippen LogP contribution >= 0.6 is 0 Å². The van der Waals surface area contributed by atoms with Crippen molar-refractivity contribution in [1.82, 2.24) is 5.32 Å². The smallest absolute Gasteiger partial charge is 0.330 e. The van der Waals surface area contributed by atoms with Gasteiger partial charge in [0.25, 0.3) is 0 Å². The highest BCUT2D eigenvalue weighted by molar-refractivity contribution is 5.83. The van der Waals surface area contributed by atoms with E-state index in [1.165, 1.54) is 20.5 Å². The summed E-state index contributed by atoms with van der Waals surface area (Å²) >= 11 is 0. The number of esters is 1. The van der Waals surface area contributed by atoms with Crippen LogP contribution in [0.25, 0.3) is 0 Å². The highest BCUT2D eigenvalue weighted by atomic mass is 16.5. The van der Waals surface area contributed by atoms with Crippen molar-refractivity contribution in [2.24, 2.45) is 5.92 Å². The van der Waals surface area contributed by atoms with Gasteiger partial charge in [-0.25, -0.2) is 4.79 Å². The van der Waals surface area contributed by atoms with E-state index in [0.717, 1.165) is 19.3 Å². The van der Waals surface area contributed by atoms with Crippen LogP contribution in [0.3, 0.4) is 0 Å². The van der Waals surface area contributed by atoms with Gasteiger partial charge in [-0.2, -0.15) is 0 Å². The molecule has 0 bridgehead atoms. The topological polar surface area (TPSA) is 64.6 Å². The third kappa shape index (κ3) is 5.04. The summed E-state index contributed by atoms with van der Waals surface area (Å²) in [5, 5.41) is 2.54. The van der Waals surface area contributed by atoms with Gasteiger partial charge in [0.15, 0.2) is 6.04 Å². The Bertz CT molecular complexity index is 293. The molecule has 0 saturated heterocycles. The molecule has 5 heteroatoms. The highest BCUT2D eigenvalue weighted by Gasteiger charge is 2.24. The molecule has 0 heterocycles. The summed E-state index contributed by atoms with van der Waals surface area (Å²) < 4.78 is 10.4. The van der Waals surface area contributed by atoms with Crippen LogP contribution < -0.4 is 5.32 Å². The van der Waals surface area contributed by atoms with Crippen molar-refractivity contribution in [3.8, 4) is 0 Å². The van der Waals surface area contributed by atoms with Crippen molar-refractivity contribution in [3.63, 3.8) is 0 Å². The molecule has 1 saturated carbocycles. The first-order chi connectivity index (χ1) is 8.52. The molecule has 5 nitrogen and oxygen atoms in total. The molecule has 0 aromatic heterocycles. The number of ether oxygens (including phenoxy) is 2. The molecular formula is C13H23NO4. The lowest BCUT2D eigenvalue weighted by atomic mass is 9.89. The van der Waals surface area contributed by atoms with Crippen LogP contribution in [0.4, 0.5) is 0 Å². The zero-order valence-corrected chi connectivity index (χ0v) is 11.4. The van der Waals surface area contributed by atoms with Gasteiger partial charge in [-0.3, -0.25) is 4.79 Å². The van der Waals surface area contributed by atoms with Gasteiger partial charge >= 0.3 is 5.97 Å². The van der Waals surface area contributed by atoms with Crippen molar-refractivity contribution < 1.29 is 19.1 Å². The molecule has 18 heavy (non-hydrogen) atoms. The van der Waals surface area contributed by atoms with Crippen LogP contribution in [0.1, 0.15) is 39.5 Å². The Hall–Kier alpha value is -1.10. The first-order valence-electron chi connectivity index (χ1n) is 6.49. The maximum absolute atomic E-state index is 11.5. The maximum atomic E-state index is 11.5. The van der Waals surface area contributed by atoms with Crippen molar-refractivity contribution in [2.45, 2.75) is 51.7 Å². The average molecular weight is 257 g/mol. The molecule has 3 atom stereocenters. The number of carbonyl (C=O) groups excluding carboxylic acids is 2. The molecule has 1 fully saturated rings. The highest BCUT2D eigenvalue weighted by Crippen LogP contribution is 2.25.